The van der Waals surface area contributed by atoms with Crippen molar-refractivity contribution in [2.24, 2.45) is 17.6 Å². The van der Waals surface area contributed by atoms with Crippen LogP contribution in [0.5, 0.6) is 0 Å². The first-order valence-electron chi connectivity index (χ1n) is 3.70. The molecule has 64 valence electrons. The van der Waals surface area contributed by atoms with E-state index >= 15 is 0 Å². The standard InChI is InChI=1S/C7H12N2O2.Na.H/c1-4(6(8)10)5-2-3-9-7(5)11;;/h4-5H,2-3H2,1H3,(H2,8,10)(H,9,11);;/q;+1;-1. The maximum absolute atomic E-state index is 11.0. The normalized spacial score (nSPS) is 24.1. The van der Waals surface area contributed by atoms with Crippen molar-refractivity contribution in [3.63, 3.8) is 0 Å². The van der Waals surface area contributed by atoms with Crippen molar-refractivity contribution >= 4 is 11.8 Å². The Hall–Kier alpha value is -0.0600. The minimum Gasteiger partial charge on any atom is -1.00 e. The van der Waals surface area contributed by atoms with Gasteiger partial charge in [-0.25, -0.2) is 0 Å². The van der Waals surface area contributed by atoms with E-state index in [-0.39, 0.29) is 48.7 Å². The Balaban J connectivity index is 0. The molecule has 1 heterocycles. The fraction of sp³-hybridized carbons (Fsp3) is 0.714. The SMILES string of the molecule is CC(C(N)=O)C1CCNC1=O.[H-].[Na+]. The molecule has 1 aliphatic heterocycles. The van der Waals surface area contributed by atoms with Crippen molar-refractivity contribution in [1.29, 1.82) is 0 Å². The second kappa shape index (κ2) is 4.84. The van der Waals surface area contributed by atoms with Gasteiger partial charge in [-0.2, -0.15) is 0 Å². The number of hydrogen-bond acceptors (Lipinski definition) is 2. The van der Waals surface area contributed by atoms with Gasteiger partial charge >= 0.3 is 29.6 Å². The van der Waals surface area contributed by atoms with Crippen LogP contribution in [0, 0.1) is 11.8 Å². The van der Waals surface area contributed by atoms with Crippen LogP contribution in [0.2, 0.25) is 0 Å². The van der Waals surface area contributed by atoms with E-state index in [0.29, 0.717) is 6.54 Å². The van der Waals surface area contributed by atoms with E-state index in [0.717, 1.165) is 6.42 Å². The first-order chi connectivity index (χ1) is 5.13. The van der Waals surface area contributed by atoms with Crippen molar-refractivity contribution in [3.8, 4) is 0 Å². The van der Waals surface area contributed by atoms with Crippen molar-refractivity contribution in [1.82, 2.24) is 5.32 Å². The van der Waals surface area contributed by atoms with Crippen LogP contribution in [-0.2, 0) is 9.59 Å². The maximum Gasteiger partial charge on any atom is 1.00 e. The number of rotatable bonds is 2. The first kappa shape index (κ1) is 11.9. The van der Waals surface area contributed by atoms with Crippen LogP contribution < -0.4 is 40.6 Å². The molecule has 0 aromatic carbocycles. The molecule has 1 rings (SSSR count). The van der Waals surface area contributed by atoms with Crippen LogP contribution in [0.15, 0.2) is 0 Å². The van der Waals surface area contributed by atoms with Gasteiger partial charge in [-0.3, -0.25) is 9.59 Å². The maximum atomic E-state index is 11.0. The Labute approximate surface area is 95.0 Å². The Morgan fingerprint density at radius 2 is 2.42 bits per heavy atom. The number of hydrogen-bond donors (Lipinski definition) is 2. The summed E-state index contributed by atoms with van der Waals surface area (Å²) >= 11 is 0. The number of amides is 2. The molecule has 12 heavy (non-hydrogen) atoms. The van der Waals surface area contributed by atoms with Gasteiger partial charge in [0.15, 0.2) is 0 Å². The fourth-order valence-electron chi connectivity index (χ4n) is 1.29. The molecule has 1 fully saturated rings. The molecular formula is C7H13N2NaO2. The summed E-state index contributed by atoms with van der Waals surface area (Å²) in [7, 11) is 0. The van der Waals surface area contributed by atoms with Gasteiger partial charge < -0.3 is 12.5 Å². The van der Waals surface area contributed by atoms with Crippen molar-refractivity contribution in [2.45, 2.75) is 13.3 Å². The van der Waals surface area contributed by atoms with E-state index in [1.165, 1.54) is 0 Å². The predicted octanol–water partition coefficient (Wildman–Crippen LogP) is -3.64. The van der Waals surface area contributed by atoms with Crippen molar-refractivity contribution in [2.75, 3.05) is 6.54 Å². The molecule has 0 aromatic rings. The van der Waals surface area contributed by atoms with Gasteiger partial charge in [0, 0.05) is 12.5 Å². The summed E-state index contributed by atoms with van der Waals surface area (Å²) in [5.41, 5.74) is 5.06. The monoisotopic (exact) mass is 180 g/mol. The number of carbonyl (C=O) groups excluding carboxylic acids is 2. The second-order valence-corrected chi connectivity index (χ2v) is 2.88. The summed E-state index contributed by atoms with van der Waals surface area (Å²) < 4.78 is 0. The molecule has 0 aromatic heterocycles. The van der Waals surface area contributed by atoms with Gasteiger partial charge in [0.2, 0.25) is 11.8 Å². The summed E-state index contributed by atoms with van der Waals surface area (Å²) in [5.74, 6) is -0.978. The van der Waals surface area contributed by atoms with E-state index in [4.69, 9.17) is 5.73 Å². The number of nitrogens with one attached hydrogen (secondary N) is 1. The molecule has 2 amide bonds. The van der Waals surface area contributed by atoms with Crippen molar-refractivity contribution in [3.05, 3.63) is 0 Å². The Morgan fingerprint density at radius 3 is 2.75 bits per heavy atom. The Kier molecular flexibility index (Phi) is 4.82. The quantitative estimate of drug-likeness (QED) is 0.430. The zero-order chi connectivity index (χ0) is 8.43. The molecule has 2 unspecified atom stereocenters. The largest absolute Gasteiger partial charge is 1.00 e. The van der Waals surface area contributed by atoms with Crippen LogP contribution >= 0.6 is 0 Å². The average Bonchev–Trinajstić information content (AvgIpc) is 2.33. The molecule has 0 radical (unpaired) electrons. The third kappa shape index (κ3) is 2.47. The first-order valence-corrected chi connectivity index (χ1v) is 3.70. The van der Waals surface area contributed by atoms with E-state index in [1.54, 1.807) is 6.92 Å². The fourth-order valence-corrected chi connectivity index (χ4v) is 1.29. The van der Waals surface area contributed by atoms with Crippen LogP contribution in [0.25, 0.3) is 0 Å². The molecular weight excluding hydrogens is 167 g/mol. The van der Waals surface area contributed by atoms with Crippen molar-refractivity contribution < 1.29 is 40.6 Å². The average molecular weight is 180 g/mol. The van der Waals surface area contributed by atoms with E-state index in [1.807, 2.05) is 0 Å². The molecule has 2 atom stereocenters. The Morgan fingerprint density at radius 1 is 1.83 bits per heavy atom. The minimum absolute atomic E-state index is 0. The molecule has 3 N–H and O–H groups in total. The van der Waals surface area contributed by atoms with Crippen LogP contribution in [0.3, 0.4) is 0 Å². The van der Waals surface area contributed by atoms with Crippen LogP contribution in [0.4, 0.5) is 0 Å². The summed E-state index contributed by atoms with van der Waals surface area (Å²) in [4.78, 5) is 21.7. The number of nitrogens with two attached hydrogens (primary N) is 1. The predicted molar refractivity (Wildman–Crippen MR) is 40.6 cm³/mol. The van der Waals surface area contributed by atoms with Gasteiger partial charge in [0.05, 0.1) is 5.92 Å². The van der Waals surface area contributed by atoms with E-state index in [9.17, 15) is 9.59 Å². The third-order valence-electron chi connectivity index (χ3n) is 2.14. The number of primary amides is 1. The molecule has 0 bridgehead atoms. The summed E-state index contributed by atoms with van der Waals surface area (Å²) in [5, 5.41) is 2.66. The van der Waals surface area contributed by atoms with Crippen LogP contribution in [0.1, 0.15) is 14.8 Å². The van der Waals surface area contributed by atoms with Gasteiger partial charge in [0.1, 0.15) is 0 Å². The zero-order valence-electron chi connectivity index (χ0n) is 8.46. The summed E-state index contributed by atoms with van der Waals surface area (Å²) in [6.07, 6.45) is 0.725. The molecule has 0 spiro atoms. The molecule has 1 aliphatic rings. The molecule has 0 saturated carbocycles. The van der Waals surface area contributed by atoms with Gasteiger partial charge in [-0.05, 0) is 6.42 Å². The minimum atomic E-state index is -0.396. The summed E-state index contributed by atoms with van der Waals surface area (Å²) in [6, 6.07) is 0. The van der Waals surface area contributed by atoms with E-state index in [2.05, 4.69) is 5.32 Å². The molecule has 1 saturated heterocycles. The van der Waals surface area contributed by atoms with E-state index < -0.39 is 5.91 Å². The topological polar surface area (TPSA) is 72.2 Å². The van der Waals surface area contributed by atoms with Gasteiger partial charge in [-0.1, -0.05) is 6.92 Å². The second-order valence-electron chi connectivity index (χ2n) is 2.88. The number of carbonyl (C=O) groups is 2. The van der Waals surface area contributed by atoms with Gasteiger partial charge in [-0.15, -0.1) is 0 Å². The van der Waals surface area contributed by atoms with Crippen LogP contribution in [-0.4, -0.2) is 18.4 Å². The zero-order valence-corrected chi connectivity index (χ0v) is 9.46. The smallest absolute Gasteiger partial charge is 1.00 e. The molecule has 4 nitrogen and oxygen atoms in total. The molecule has 5 heteroatoms. The third-order valence-corrected chi connectivity index (χ3v) is 2.14. The molecule has 0 aliphatic carbocycles. The summed E-state index contributed by atoms with van der Waals surface area (Å²) in [6.45, 7) is 2.36. The Bertz CT molecular complexity index is 201. The van der Waals surface area contributed by atoms with Gasteiger partial charge in [0.25, 0.3) is 0 Å².